The Morgan fingerprint density at radius 3 is 2.93 bits per heavy atom. The number of aromatic amines is 1. The summed E-state index contributed by atoms with van der Waals surface area (Å²) in [6, 6.07) is 8.06. The summed E-state index contributed by atoms with van der Waals surface area (Å²) in [6.07, 6.45) is 8.20. The van der Waals surface area contributed by atoms with Gasteiger partial charge in [0, 0.05) is 28.9 Å². The monoisotopic (exact) mass is 194 g/mol. The van der Waals surface area contributed by atoms with Crippen molar-refractivity contribution in [2.75, 3.05) is 0 Å². The lowest BCUT2D eigenvalue weighted by Crippen LogP contribution is -1.82. The van der Waals surface area contributed by atoms with Crippen LogP contribution in [0.2, 0.25) is 0 Å². The lowest BCUT2D eigenvalue weighted by Gasteiger charge is -1.95. The summed E-state index contributed by atoms with van der Waals surface area (Å²) in [6.45, 7) is 0. The van der Waals surface area contributed by atoms with E-state index >= 15 is 0 Å². The molecule has 0 aliphatic heterocycles. The largest absolute Gasteiger partial charge is 0.353 e. The van der Waals surface area contributed by atoms with Crippen molar-refractivity contribution in [3.63, 3.8) is 0 Å². The lowest BCUT2D eigenvalue weighted by molar-refractivity contribution is 1.21. The van der Waals surface area contributed by atoms with Gasteiger partial charge in [0.25, 0.3) is 0 Å². The zero-order chi connectivity index (χ0) is 10.1. The van der Waals surface area contributed by atoms with E-state index in [2.05, 4.69) is 21.1 Å². The molecule has 0 spiro atoms. The lowest BCUT2D eigenvalue weighted by atomic mass is 10.1. The number of nitrogens with one attached hydrogen (secondary N) is 1. The smallest absolute Gasteiger partial charge is 0.0913 e. The summed E-state index contributed by atoms with van der Waals surface area (Å²) >= 11 is 0. The zero-order valence-corrected chi connectivity index (χ0v) is 7.94. The van der Waals surface area contributed by atoms with Crippen molar-refractivity contribution in [3.8, 4) is 11.3 Å². The van der Waals surface area contributed by atoms with Gasteiger partial charge in [0.2, 0.25) is 0 Å². The summed E-state index contributed by atoms with van der Waals surface area (Å²) in [5, 5.41) is 1.12. The number of para-hydroxylation sites is 1. The molecular formula is C12H8N3. The molecule has 0 fully saturated rings. The van der Waals surface area contributed by atoms with Crippen LogP contribution in [0.3, 0.4) is 0 Å². The first-order valence-corrected chi connectivity index (χ1v) is 4.70. The van der Waals surface area contributed by atoms with E-state index in [0.29, 0.717) is 0 Å². The number of nitrogens with zero attached hydrogens (tertiary/aromatic N) is 2. The second-order valence-electron chi connectivity index (χ2n) is 3.26. The van der Waals surface area contributed by atoms with E-state index < -0.39 is 0 Å². The Hall–Kier alpha value is -2.16. The van der Waals surface area contributed by atoms with Crippen LogP contribution in [-0.2, 0) is 0 Å². The van der Waals surface area contributed by atoms with Crippen LogP contribution in [0.4, 0.5) is 0 Å². The van der Waals surface area contributed by atoms with Crippen molar-refractivity contribution in [2.45, 2.75) is 0 Å². The predicted octanol–water partition coefficient (Wildman–Crippen LogP) is 2.43. The van der Waals surface area contributed by atoms with Crippen molar-refractivity contribution in [3.05, 3.63) is 49.1 Å². The van der Waals surface area contributed by atoms with Crippen molar-refractivity contribution in [1.29, 1.82) is 0 Å². The molecule has 0 aliphatic carbocycles. The van der Waals surface area contributed by atoms with Crippen LogP contribution in [0, 0.1) is 6.20 Å². The van der Waals surface area contributed by atoms with Gasteiger partial charge in [-0.2, -0.15) is 0 Å². The average Bonchev–Trinajstić information content (AvgIpc) is 2.74. The normalized spacial score (nSPS) is 10.7. The summed E-state index contributed by atoms with van der Waals surface area (Å²) in [7, 11) is 0. The van der Waals surface area contributed by atoms with E-state index in [4.69, 9.17) is 0 Å². The molecular weight excluding hydrogens is 186 g/mol. The first-order chi connectivity index (χ1) is 7.45. The van der Waals surface area contributed by atoms with Crippen LogP contribution in [0.25, 0.3) is 22.2 Å². The Kier molecular flexibility index (Phi) is 1.75. The van der Waals surface area contributed by atoms with Gasteiger partial charge >= 0.3 is 0 Å². The number of fused-ring (bicyclic) bond motifs is 1. The van der Waals surface area contributed by atoms with E-state index in [1.807, 2.05) is 24.3 Å². The molecule has 0 unspecified atom stereocenters. The quantitative estimate of drug-likeness (QED) is 0.646. The number of hydrogen-bond donors (Lipinski definition) is 1. The third-order valence-corrected chi connectivity index (χ3v) is 2.34. The minimum absolute atomic E-state index is 0.843. The molecule has 0 aliphatic rings. The van der Waals surface area contributed by atoms with Crippen LogP contribution in [-0.4, -0.2) is 15.0 Å². The average molecular weight is 194 g/mol. The maximum absolute atomic E-state index is 4.26. The summed E-state index contributed by atoms with van der Waals surface area (Å²) in [4.78, 5) is 11.4. The number of rotatable bonds is 1. The van der Waals surface area contributed by atoms with Crippen LogP contribution < -0.4 is 0 Å². The molecule has 3 heteroatoms. The van der Waals surface area contributed by atoms with Gasteiger partial charge in [0.1, 0.15) is 0 Å². The van der Waals surface area contributed by atoms with Gasteiger partial charge in [-0.25, -0.2) is 0 Å². The van der Waals surface area contributed by atoms with Crippen LogP contribution >= 0.6 is 0 Å². The Balaban J connectivity index is 2.28. The van der Waals surface area contributed by atoms with Crippen molar-refractivity contribution in [2.24, 2.45) is 0 Å². The van der Waals surface area contributed by atoms with Gasteiger partial charge in [0.15, 0.2) is 0 Å². The highest BCUT2D eigenvalue weighted by atomic mass is 14.8. The number of aromatic nitrogens is 3. The molecule has 2 aromatic heterocycles. The molecule has 1 aromatic carbocycles. The zero-order valence-electron chi connectivity index (χ0n) is 7.94. The van der Waals surface area contributed by atoms with Crippen LogP contribution in [0.15, 0.2) is 42.9 Å². The van der Waals surface area contributed by atoms with Crippen LogP contribution in [0.5, 0.6) is 0 Å². The minimum Gasteiger partial charge on any atom is -0.353 e. The Bertz CT molecular complexity index is 584. The van der Waals surface area contributed by atoms with Gasteiger partial charge in [-0.3, -0.25) is 9.97 Å². The highest BCUT2D eigenvalue weighted by Crippen LogP contribution is 2.25. The molecule has 71 valence electrons. The maximum Gasteiger partial charge on any atom is 0.0913 e. The second-order valence-corrected chi connectivity index (χ2v) is 3.26. The molecule has 1 N–H and O–H groups in total. The fourth-order valence-electron chi connectivity index (χ4n) is 1.64. The number of hydrogen-bond acceptors (Lipinski definition) is 2. The Labute approximate surface area is 86.8 Å². The molecule has 3 nitrogen and oxygen atoms in total. The highest BCUT2D eigenvalue weighted by molar-refractivity contribution is 5.93. The first kappa shape index (κ1) is 8.17. The molecule has 1 radical (unpaired) electrons. The molecule has 0 saturated heterocycles. The highest BCUT2D eigenvalue weighted by Gasteiger charge is 2.06. The standard InChI is InChI=1S/C12H8N3/c1-2-4-11-9(3-1)10(7-15-11)12-8-13-5-6-14-12/h1-6,8,15H. The van der Waals surface area contributed by atoms with Gasteiger partial charge in [-0.05, 0) is 6.07 Å². The third kappa shape index (κ3) is 1.29. The molecule has 2 heterocycles. The van der Waals surface area contributed by atoms with E-state index in [1.54, 1.807) is 18.6 Å². The molecule has 15 heavy (non-hydrogen) atoms. The van der Waals surface area contributed by atoms with Crippen LogP contribution in [0.1, 0.15) is 0 Å². The molecule has 0 atom stereocenters. The fourth-order valence-corrected chi connectivity index (χ4v) is 1.64. The second kappa shape index (κ2) is 3.20. The number of benzene rings is 1. The minimum atomic E-state index is 0.843. The van der Waals surface area contributed by atoms with E-state index in [0.717, 1.165) is 22.2 Å². The van der Waals surface area contributed by atoms with E-state index in [-0.39, 0.29) is 0 Å². The van der Waals surface area contributed by atoms with Gasteiger partial charge in [-0.1, -0.05) is 18.2 Å². The molecule has 3 rings (SSSR count). The third-order valence-electron chi connectivity index (χ3n) is 2.34. The van der Waals surface area contributed by atoms with E-state index in [9.17, 15) is 0 Å². The topological polar surface area (TPSA) is 41.6 Å². The fraction of sp³-hybridized carbons (Fsp3) is 0. The molecule has 0 amide bonds. The van der Waals surface area contributed by atoms with Crippen molar-refractivity contribution < 1.29 is 0 Å². The van der Waals surface area contributed by atoms with Gasteiger partial charge in [0.05, 0.1) is 18.1 Å². The van der Waals surface area contributed by atoms with Gasteiger partial charge in [-0.15, -0.1) is 0 Å². The van der Waals surface area contributed by atoms with Crippen molar-refractivity contribution >= 4 is 10.9 Å². The summed E-state index contributed by atoms with van der Waals surface area (Å²) in [5.41, 5.74) is 2.88. The Morgan fingerprint density at radius 1 is 1.13 bits per heavy atom. The van der Waals surface area contributed by atoms with E-state index in [1.165, 1.54) is 0 Å². The number of H-pyrrole nitrogens is 1. The maximum atomic E-state index is 4.26. The Morgan fingerprint density at radius 2 is 2.07 bits per heavy atom. The van der Waals surface area contributed by atoms with Crippen molar-refractivity contribution in [1.82, 2.24) is 15.0 Å². The SMILES string of the molecule is [c]1[nH]c2ccccc2c1-c1cnccn1. The molecule has 0 bridgehead atoms. The van der Waals surface area contributed by atoms with Gasteiger partial charge < -0.3 is 4.98 Å². The summed E-state index contributed by atoms with van der Waals surface area (Å²) < 4.78 is 0. The molecule has 0 saturated carbocycles. The summed E-state index contributed by atoms with van der Waals surface area (Å²) in [5.74, 6) is 0. The first-order valence-electron chi connectivity index (χ1n) is 4.70. The predicted molar refractivity (Wildman–Crippen MR) is 58.2 cm³/mol. The molecule has 3 aromatic rings.